The van der Waals surface area contributed by atoms with Crippen molar-refractivity contribution in [3.63, 3.8) is 0 Å². The maximum Gasteiger partial charge on any atom is 0.308 e. The van der Waals surface area contributed by atoms with Crippen LogP contribution in [-0.2, 0) is 9.59 Å². The molecule has 1 unspecified atom stereocenters. The molecule has 9 heteroatoms. The number of carboxylic acid groups (broad SMARTS) is 1. The molecule has 116 valence electrons. The summed E-state index contributed by atoms with van der Waals surface area (Å²) in [6.45, 7) is 2.08. The first kappa shape index (κ1) is 15.7. The quantitative estimate of drug-likeness (QED) is 0.646. The van der Waals surface area contributed by atoms with Crippen LogP contribution >= 0.6 is 11.8 Å². The fourth-order valence-electron chi connectivity index (χ4n) is 1.91. The summed E-state index contributed by atoms with van der Waals surface area (Å²) in [4.78, 5) is 22.8. The van der Waals surface area contributed by atoms with E-state index in [1.54, 1.807) is 4.68 Å². The monoisotopic (exact) mass is 313 g/mol. The molecule has 1 amide bonds. The number of carboxylic acids is 1. The van der Waals surface area contributed by atoms with E-state index in [2.05, 4.69) is 20.8 Å². The molecule has 0 aliphatic heterocycles. The van der Waals surface area contributed by atoms with E-state index in [1.165, 1.54) is 11.8 Å². The van der Waals surface area contributed by atoms with Crippen molar-refractivity contribution in [2.75, 3.05) is 12.3 Å². The van der Waals surface area contributed by atoms with Crippen LogP contribution in [-0.4, -0.2) is 49.5 Å². The highest BCUT2D eigenvalue weighted by molar-refractivity contribution is 7.99. The van der Waals surface area contributed by atoms with Gasteiger partial charge in [0, 0.05) is 6.54 Å². The smallest absolute Gasteiger partial charge is 0.308 e. The lowest BCUT2D eigenvalue weighted by molar-refractivity contribution is -0.141. The average molecular weight is 313 g/mol. The fraction of sp³-hybridized carbons (Fsp3) is 0.750. The van der Waals surface area contributed by atoms with E-state index in [9.17, 15) is 9.59 Å². The Labute approximate surface area is 126 Å². The summed E-state index contributed by atoms with van der Waals surface area (Å²) in [5.74, 6) is -1.41. The summed E-state index contributed by atoms with van der Waals surface area (Å²) >= 11 is 1.27. The highest BCUT2D eigenvalue weighted by Crippen LogP contribution is 2.36. The highest BCUT2D eigenvalue weighted by Gasteiger charge is 2.28. The van der Waals surface area contributed by atoms with Crippen molar-refractivity contribution in [2.45, 2.75) is 43.8 Å². The normalized spacial score (nSPS) is 15.7. The van der Waals surface area contributed by atoms with Gasteiger partial charge >= 0.3 is 5.97 Å². The summed E-state index contributed by atoms with van der Waals surface area (Å²) in [7, 11) is 0. The lowest BCUT2D eigenvalue weighted by atomic mass is 10.0. The first-order valence-corrected chi connectivity index (χ1v) is 8.00. The van der Waals surface area contributed by atoms with Crippen LogP contribution in [0, 0.1) is 5.92 Å². The van der Waals surface area contributed by atoms with Crippen molar-refractivity contribution in [3.05, 3.63) is 0 Å². The number of nitrogens with one attached hydrogen (secondary N) is 1. The van der Waals surface area contributed by atoms with Crippen LogP contribution in [0.15, 0.2) is 5.16 Å². The van der Waals surface area contributed by atoms with Crippen molar-refractivity contribution in [3.8, 4) is 0 Å². The van der Waals surface area contributed by atoms with Crippen LogP contribution in [0.2, 0.25) is 0 Å². The molecule has 1 aromatic rings. The second kappa shape index (κ2) is 7.39. The van der Waals surface area contributed by atoms with Gasteiger partial charge in [0.25, 0.3) is 0 Å². The molecule has 1 aliphatic rings. The number of aliphatic carboxylic acids is 1. The molecule has 2 rings (SSSR count). The molecule has 2 N–H and O–H groups in total. The van der Waals surface area contributed by atoms with Gasteiger partial charge in [0.15, 0.2) is 0 Å². The molecule has 1 fully saturated rings. The van der Waals surface area contributed by atoms with Gasteiger partial charge in [-0.25, -0.2) is 4.68 Å². The van der Waals surface area contributed by atoms with Crippen LogP contribution in [0.5, 0.6) is 0 Å². The molecule has 1 saturated carbocycles. The maximum atomic E-state index is 11.8. The molecule has 1 atom stereocenters. The summed E-state index contributed by atoms with van der Waals surface area (Å²) in [6.07, 6.45) is 3.48. The van der Waals surface area contributed by atoms with Crippen LogP contribution < -0.4 is 5.32 Å². The van der Waals surface area contributed by atoms with Gasteiger partial charge in [0.2, 0.25) is 11.1 Å². The Morgan fingerprint density at radius 2 is 2.29 bits per heavy atom. The minimum atomic E-state index is -0.873. The lowest BCUT2D eigenvalue weighted by Gasteiger charge is -2.12. The minimum absolute atomic E-state index is 0.163. The zero-order chi connectivity index (χ0) is 15.2. The largest absolute Gasteiger partial charge is 0.481 e. The number of hydrogen-bond acceptors (Lipinski definition) is 6. The Morgan fingerprint density at radius 1 is 1.52 bits per heavy atom. The second-order valence-electron chi connectivity index (χ2n) is 5.05. The maximum absolute atomic E-state index is 11.8. The molecule has 8 nitrogen and oxygen atoms in total. The lowest BCUT2D eigenvalue weighted by Crippen LogP contribution is -2.34. The van der Waals surface area contributed by atoms with E-state index < -0.39 is 11.9 Å². The van der Waals surface area contributed by atoms with Crippen LogP contribution in [0.1, 0.15) is 38.6 Å². The number of carbonyl (C=O) groups excluding carboxylic acids is 1. The first-order chi connectivity index (χ1) is 10.1. The molecular weight excluding hydrogens is 294 g/mol. The summed E-state index contributed by atoms with van der Waals surface area (Å²) in [5, 5.41) is 23.7. The molecular formula is C12H19N5O3S. The molecule has 1 aliphatic carbocycles. The molecule has 0 radical (unpaired) electrons. The van der Waals surface area contributed by atoms with Crippen molar-refractivity contribution in [1.29, 1.82) is 0 Å². The minimum Gasteiger partial charge on any atom is -0.481 e. The molecule has 0 aromatic carbocycles. The molecule has 0 spiro atoms. The number of aromatic nitrogens is 4. The highest BCUT2D eigenvalue weighted by atomic mass is 32.2. The van der Waals surface area contributed by atoms with Crippen LogP contribution in [0.4, 0.5) is 0 Å². The van der Waals surface area contributed by atoms with E-state index >= 15 is 0 Å². The standard InChI is InChI=1S/C12H19N5O3S/c1-2-3-8(11(19)20)6-13-10(18)7-21-12-14-15-16-17(12)9-4-5-9/h8-9H,2-7H2,1H3,(H,13,18)(H,19,20). The zero-order valence-corrected chi connectivity index (χ0v) is 12.7. The van der Waals surface area contributed by atoms with Crippen molar-refractivity contribution in [2.24, 2.45) is 5.92 Å². The second-order valence-corrected chi connectivity index (χ2v) is 6.00. The Bertz CT molecular complexity index is 503. The van der Waals surface area contributed by atoms with Gasteiger partial charge in [-0.05, 0) is 29.7 Å². The number of thioether (sulfide) groups is 1. The first-order valence-electron chi connectivity index (χ1n) is 7.02. The summed E-state index contributed by atoms with van der Waals surface area (Å²) in [6, 6.07) is 0.367. The van der Waals surface area contributed by atoms with Gasteiger partial charge in [-0.15, -0.1) is 5.10 Å². The average Bonchev–Trinajstić information content (AvgIpc) is 3.19. The van der Waals surface area contributed by atoms with Gasteiger partial charge in [-0.2, -0.15) is 0 Å². The Morgan fingerprint density at radius 3 is 2.90 bits per heavy atom. The van der Waals surface area contributed by atoms with E-state index in [1.807, 2.05) is 6.92 Å². The third kappa shape index (κ3) is 4.69. The predicted molar refractivity (Wildman–Crippen MR) is 75.9 cm³/mol. The van der Waals surface area contributed by atoms with Crippen molar-refractivity contribution in [1.82, 2.24) is 25.5 Å². The van der Waals surface area contributed by atoms with Gasteiger partial charge < -0.3 is 10.4 Å². The van der Waals surface area contributed by atoms with Gasteiger partial charge in [-0.3, -0.25) is 9.59 Å². The summed E-state index contributed by atoms with van der Waals surface area (Å²) in [5.41, 5.74) is 0. The molecule has 1 aromatic heterocycles. The van der Waals surface area contributed by atoms with Crippen LogP contribution in [0.3, 0.4) is 0 Å². The topological polar surface area (TPSA) is 110 Å². The van der Waals surface area contributed by atoms with Gasteiger partial charge in [0.05, 0.1) is 17.7 Å². The van der Waals surface area contributed by atoms with Crippen molar-refractivity contribution < 1.29 is 14.7 Å². The number of hydrogen-bond donors (Lipinski definition) is 2. The number of amides is 1. The third-order valence-corrected chi connectivity index (χ3v) is 4.15. The Hall–Kier alpha value is -1.64. The summed E-state index contributed by atoms with van der Waals surface area (Å²) < 4.78 is 1.75. The number of tetrazole rings is 1. The number of carbonyl (C=O) groups is 2. The van der Waals surface area contributed by atoms with Crippen molar-refractivity contribution >= 4 is 23.6 Å². The Kier molecular flexibility index (Phi) is 5.54. The third-order valence-electron chi connectivity index (χ3n) is 3.22. The number of nitrogens with zero attached hydrogens (tertiary/aromatic N) is 4. The number of rotatable bonds is 9. The van der Waals surface area contributed by atoms with Gasteiger partial charge in [0.1, 0.15) is 0 Å². The zero-order valence-electron chi connectivity index (χ0n) is 11.9. The predicted octanol–water partition coefficient (Wildman–Crippen LogP) is 0.717. The Balaban J connectivity index is 1.74. The molecule has 0 saturated heterocycles. The SMILES string of the molecule is CCCC(CNC(=O)CSc1nnnn1C1CC1)C(=O)O. The van der Waals surface area contributed by atoms with E-state index in [0.29, 0.717) is 17.6 Å². The molecule has 21 heavy (non-hydrogen) atoms. The fourth-order valence-corrected chi connectivity index (χ4v) is 2.68. The molecule has 1 heterocycles. The van der Waals surface area contributed by atoms with E-state index in [4.69, 9.17) is 5.11 Å². The van der Waals surface area contributed by atoms with E-state index in [0.717, 1.165) is 19.3 Å². The van der Waals surface area contributed by atoms with Gasteiger partial charge in [-0.1, -0.05) is 25.1 Å². The van der Waals surface area contributed by atoms with Crippen LogP contribution in [0.25, 0.3) is 0 Å². The van der Waals surface area contributed by atoms with E-state index in [-0.39, 0.29) is 18.2 Å². The molecule has 0 bridgehead atoms.